The molecule has 160 valence electrons. The zero-order chi connectivity index (χ0) is 21.9. The fraction of sp³-hybridized carbons (Fsp3) is 0.350. The van der Waals surface area contributed by atoms with E-state index in [0.717, 1.165) is 17.2 Å². The van der Waals surface area contributed by atoms with Gasteiger partial charge >= 0.3 is 0 Å². The Morgan fingerprint density at radius 1 is 1.23 bits per heavy atom. The maximum absolute atomic E-state index is 12.9. The van der Waals surface area contributed by atoms with Crippen LogP contribution in [-0.2, 0) is 21.4 Å². The molecule has 0 atom stereocenters. The van der Waals surface area contributed by atoms with E-state index in [4.69, 9.17) is 11.6 Å². The van der Waals surface area contributed by atoms with Gasteiger partial charge in [0, 0.05) is 31.6 Å². The summed E-state index contributed by atoms with van der Waals surface area (Å²) in [5, 5.41) is 13.9. The Balaban J connectivity index is 1.62. The molecule has 1 heterocycles. The van der Waals surface area contributed by atoms with Crippen LogP contribution in [0.15, 0.2) is 47.4 Å². The van der Waals surface area contributed by atoms with Crippen LogP contribution in [0.5, 0.6) is 0 Å². The van der Waals surface area contributed by atoms with Crippen molar-refractivity contribution in [3.8, 4) is 0 Å². The van der Waals surface area contributed by atoms with E-state index in [0.29, 0.717) is 19.4 Å². The van der Waals surface area contributed by atoms with Crippen LogP contribution in [0.3, 0.4) is 0 Å². The summed E-state index contributed by atoms with van der Waals surface area (Å²) in [4.78, 5) is 22.7. The number of amides is 1. The number of halogens is 1. The molecule has 8 nitrogen and oxygen atoms in total. The quantitative estimate of drug-likeness (QED) is 0.535. The van der Waals surface area contributed by atoms with E-state index in [9.17, 15) is 23.3 Å². The molecule has 2 aromatic carbocycles. The molecule has 30 heavy (non-hydrogen) atoms. The maximum Gasteiger partial charge on any atom is 0.289 e. The van der Waals surface area contributed by atoms with Crippen LogP contribution in [0, 0.1) is 23.0 Å². The number of nitrogens with zero attached hydrogens (tertiary/aromatic N) is 2. The molecule has 1 saturated heterocycles. The summed E-state index contributed by atoms with van der Waals surface area (Å²) in [6.45, 7) is 2.74. The summed E-state index contributed by atoms with van der Waals surface area (Å²) in [6, 6.07) is 11.2. The highest BCUT2D eigenvalue weighted by molar-refractivity contribution is 7.89. The molecule has 0 radical (unpaired) electrons. The first-order chi connectivity index (χ1) is 14.2. The van der Waals surface area contributed by atoms with Gasteiger partial charge in [0.15, 0.2) is 0 Å². The molecule has 1 amide bonds. The number of aryl methyl sites for hydroxylation is 1. The van der Waals surface area contributed by atoms with E-state index in [1.54, 1.807) is 0 Å². The van der Waals surface area contributed by atoms with E-state index >= 15 is 0 Å². The van der Waals surface area contributed by atoms with Crippen LogP contribution in [-0.4, -0.2) is 36.6 Å². The maximum atomic E-state index is 12.9. The lowest BCUT2D eigenvalue weighted by Crippen LogP contribution is -2.42. The molecule has 0 bridgehead atoms. The van der Waals surface area contributed by atoms with Crippen LogP contribution >= 0.6 is 11.6 Å². The van der Waals surface area contributed by atoms with Crippen molar-refractivity contribution in [2.24, 2.45) is 5.92 Å². The third-order valence-electron chi connectivity index (χ3n) is 5.29. The molecule has 1 fully saturated rings. The monoisotopic (exact) mass is 451 g/mol. The largest absolute Gasteiger partial charge is 0.352 e. The SMILES string of the molecule is Cc1ccccc1CNC(=O)C1CCN(S(=O)(=O)c2ccc(Cl)c([N+](=O)[O-])c2)CC1. The standard InChI is InChI=1S/C20H22ClN3O5S/c1-14-4-2-3-5-16(14)13-22-20(25)15-8-10-23(11-9-15)30(28,29)17-6-7-18(21)19(12-17)24(26)27/h2-7,12,15H,8-11,13H2,1H3,(H,22,25). The number of piperidine rings is 1. The number of hydrogen-bond acceptors (Lipinski definition) is 5. The predicted octanol–water partition coefficient (Wildman–Crippen LogP) is 3.27. The highest BCUT2D eigenvalue weighted by Crippen LogP contribution is 2.30. The van der Waals surface area contributed by atoms with Crippen LogP contribution in [0.4, 0.5) is 5.69 Å². The lowest BCUT2D eigenvalue weighted by Gasteiger charge is -2.30. The predicted molar refractivity (Wildman–Crippen MR) is 113 cm³/mol. The van der Waals surface area contributed by atoms with E-state index < -0.39 is 20.6 Å². The van der Waals surface area contributed by atoms with Crippen molar-refractivity contribution in [2.45, 2.75) is 31.2 Å². The molecule has 0 aliphatic carbocycles. The number of carbonyl (C=O) groups excluding carboxylic acids is 1. The number of carbonyl (C=O) groups is 1. The molecule has 0 saturated carbocycles. The Morgan fingerprint density at radius 3 is 2.53 bits per heavy atom. The first-order valence-electron chi connectivity index (χ1n) is 9.46. The molecule has 1 aliphatic heterocycles. The van der Waals surface area contributed by atoms with Gasteiger partial charge in [-0.1, -0.05) is 35.9 Å². The van der Waals surface area contributed by atoms with Gasteiger partial charge in [0.05, 0.1) is 9.82 Å². The van der Waals surface area contributed by atoms with E-state index in [2.05, 4.69) is 5.32 Å². The number of nitro benzene ring substituents is 1. The van der Waals surface area contributed by atoms with Gasteiger partial charge in [-0.25, -0.2) is 8.42 Å². The van der Waals surface area contributed by atoms with Crippen molar-refractivity contribution in [3.63, 3.8) is 0 Å². The van der Waals surface area contributed by atoms with Crippen LogP contribution in [0.1, 0.15) is 24.0 Å². The third-order valence-corrected chi connectivity index (χ3v) is 7.51. The average Bonchev–Trinajstić information content (AvgIpc) is 2.73. The molecule has 0 unspecified atom stereocenters. The van der Waals surface area contributed by atoms with Crippen LogP contribution in [0.25, 0.3) is 0 Å². The molecule has 10 heteroatoms. The topological polar surface area (TPSA) is 110 Å². The molecule has 3 rings (SSSR count). The summed E-state index contributed by atoms with van der Waals surface area (Å²) in [5.41, 5.74) is 1.68. The second kappa shape index (κ2) is 9.11. The lowest BCUT2D eigenvalue weighted by atomic mass is 9.97. The summed E-state index contributed by atoms with van der Waals surface area (Å²) in [5.74, 6) is -0.377. The van der Waals surface area contributed by atoms with Crippen molar-refractivity contribution in [1.29, 1.82) is 0 Å². The molecule has 1 aliphatic rings. The minimum atomic E-state index is -3.91. The Labute approximate surface area is 180 Å². The Kier molecular flexibility index (Phi) is 6.74. The molecule has 0 spiro atoms. The average molecular weight is 452 g/mol. The van der Waals surface area contributed by atoms with Crippen molar-refractivity contribution in [1.82, 2.24) is 9.62 Å². The van der Waals surface area contributed by atoms with Gasteiger partial charge < -0.3 is 5.32 Å². The van der Waals surface area contributed by atoms with Gasteiger partial charge in [-0.05, 0) is 43.0 Å². The Bertz CT molecular complexity index is 1070. The number of nitro groups is 1. The number of sulfonamides is 1. The van der Waals surface area contributed by atoms with E-state index in [1.807, 2.05) is 31.2 Å². The van der Waals surface area contributed by atoms with Crippen molar-refractivity contribution in [3.05, 3.63) is 68.7 Å². The zero-order valence-electron chi connectivity index (χ0n) is 16.4. The van der Waals surface area contributed by atoms with E-state index in [1.165, 1.54) is 16.4 Å². The summed E-state index contributed by atoms with van der Waals surface area (Å²) in [7, 11) is -3.91. The van der Waals surface area contributed by atoms with Gasteiger partial charge in [0.25, 0.3) is 5.69 Å². The Hall–Kier alpha value is -2.49. The normalized spacial score (nSPS) is 15.7. The minimum absolute atomic E-state index is 0.0996. The Morgan fingerprint density at radius 2 is 1.90 bits per heavy atom. The zero-order valence-corrected chi connectivity index (χ0v) is 17.9. The van der Waals surface area contributed by atoms with Gasteiger partial charge in [-0.2, -0.15) is 4.31 Å². The van der Waals surface area contributed by atoms with Crippen LogP contribution < -0.4 is 5.32 Å². The smallest absolute Gasteiger partial charge is 0.289 e. The van der Waals surface area contributed by atoms with Crippen molar-refractivity contribution < 1.29 is 18.1 Å². The number of nitrogens with one attached hydrogen (secondary N) is 1. The second-order valence-corrected chi connectivity index (χ2v) is 9.54. The van der Waals surface area contributed by atoms with E-state index in [-0.39, 0.29) is 34.8 Å². The fourth-order valence-corrected chi connectivity index (χ4v) is 5.11. The number of benzene rings is 2. The molecule has 1 N–H and O–H groups in total. The highest BCUT2D eigenvalue weighted by Gasteiger charge is 2.33. The van der Waals surface area contributed by atoms with Crippen molar-refractivity contribution >= 4 is 33.2 Å². The number of rotatable bonds is 6. The molecular weight excluding hydrogens is 430 g/mol. The van der Waals surface area contributed by atoms with Gasteiger partial charge in [0.1, 0.15) is 5.02 Å². The summed E-state index contributed by atoms with van der Waals surface area (Å²) >= 11 is 5.77. The molecule has 0 aromatic heterocycles. The third kappa shape index (κ3) is 4.80. The summed E-state index contributed by atoms with van der Waals surface area (Å²) in [6.07, 6.45) is 0.767. The summed E-state index contributed by atoms with van der Waals surface area (Å²) < 4.78 is 27.0. The van der Waals surface area contributed by atoms with Gasteiger partial charge in [-0.15, -0.1) is 0 Å². The van der Waals surface area contributed by atoms with Gasteiger partial charge in [0.2, 0.25) is 15.9 Å². The highest BCUT2D eigenvalue weighted by atomic mass is 35.5. The minimum Gasteiger partial charge on any atom is -0.352 e. The molecular formula is C20H22ClN3O5S. The van der Waals surface area contributed by atoms with Crippen molar-refractivity contribution in [2.75, 3.05) is 13.1 Å². The van der Waals surface area contributed by atoms with Crippen LogP contribution in [0.2, 0.25) is 5.02 Å². The van der Waals surface area contributed by atoms with Gasteiger partial charge in [-0.3, -0.25) is 14.9 Å². The number of hydrogen-bond donors (Lipinski definition) is 1. The first kappa shape index (κ1) is 22.2. The first-order valence-corrected chi connectivity index (χ1v) is 11.3. The molecule has 2 aromatic rings. The fourth-order valence-electron chi connectivity index (χ4n) is 3.44. The lowest BCUT2D eigenvalue weighted by molar-refractivity contribution is -0.384. The second-order valence-electron chi connectivity index (χ2n) is 7.19.